The minimum absolute atomic E-state index is 0.0636. The van der Waals surface area contributed by atoms with Gasteiger partial charge < -0.3 is 9.84 Å². The number of carbonyl (C=O) groups excluding carboxylic acids is 1. The summed E-state index contributed by atoms with van der Waals surface area (Å²) >= 11 is 3.33. The molecule has 0 saturated carbocycles. The van der Waals surface area contributed by atoms with E-state index >= 15 is 0 Å². The van der Waals surface area contributed by atoms with Crippen LogP contribution in [0.15, 0.2) is 86.7 Å². The van der Waals surface area contributed by atoms with Gasteiger partial charge in [0, 0.05) is 29.0 Å². The molecule has 0 saturated heterocycles. The molecule has 8 nitrogen and oxygen atoms in total. The summed E-state index contributed by atoms with van der Waals surface area (Å²) in [5.74, 6) is 0.907. The highest BCUT2D eigenvalue weighted by atomic mass is 79.9. The Morgan fingerprint density at radius 3 is 2.21 bits per heavy atom. The van der Waals surface area contributed by atoms with Gasteiger partial charge in [0.25, 0.3) is 0 Å². The fourth-order valence-corrected chi connectivity index (χ4v) is 5.35. The molecule has 4 rings (SSSR count). The Morgan fingerprint density at radius 2 is 1.61 bits per heavy atom. The highest BCUT2D eigenvalue weighted by molar-refractivity contribution is 9.10. The van der Waals surface area contributed by atoms with Crippen LogP contribution in [0.5, 0.6) is 0 Å². The number of nitrogens with zero attached hydrogens (tertiary/aromatic N) is 3. The second-order valence-corrected chi connectivity index (χ2v) is 12.2. The number of halogens is 1. The van der Waals surface area contributed by atoms with Gasteiger partial charge in [-0.3, -0.25) is 4.79 Å². The van der Waals surface area contributed by atoms with Crippen molar-refractivity contribution in [1.82, 2.24) is 14.4 Å². The minimum atomic E-state index is -3.93. The zero-order valence-electron chi connectivity index (χ0n) is 21.4. The number of nitrogens with one attached hydrogen (secondary N) is 1. The number of hydrogen-bond acceptors (Lipinski definition) is 6. The van der Waals surface area contributed by atoms with E-state index in [4.69, 9.17) is 4.52 Å². The summed E-state index contributed by atoms with van der Waals surface area (Å²) in [6, 6.07) is 21.2. The van der Waals surface area contributed by atoms with E-state index in [1.54, 1.807) is 24.3 Å². The Hall–Kier alpha value is -3.34. The van der Waals surface area contributed by atoms with Crippen LogP contribution in [0, 0.1) is 6.92 Å². The third-order valence-corrected chi connectivity index (χ3v) is 8.16. The van der Waals surface area contributed by atoms with E-state index in [0.29, 0.717) is 23.8 Å². The van der Waals surface area contributed by atoms with Crippen molar-refractivity contribution in [1.29, 1.82) is 0 Å². The molecule has 0 fully saturated rings. The molecule has 1 amide bonds. The average molecular weight is 598 g/mol. The number of anilines is 1. The van der Waals surface area contributed by atoms with Gasteiger partial charge in [-0.25, -0.2) is 8.42 Å². The maximum atomic E-state index is 13.5. The molecular formula is C28H29BrN4O4S. The standard InChI is InChI=1S/C28H29BrN4O4S/c1-19(2)28-31-26(32-37-28)16-21-8-12-24(13-9-21)30-27(34)18-33(17-22-6-4-20(3)5-7-22)38(35,36)25-14-10-23(29)11-15-25/h4-15,19H,16-18H2,1-3H3,(H,30,34). The van der Waals surface area contributed by atoms with E-state index in [9.17, 15) is 13.2 Å². The van der Waals surface area contributed by atoms with Gasteiger partial charge in [0.1, 0.15) is 0 Å². The minimum Gasteiger partial charge on any atom is -0.339 e. The lowest BCUT2D eigenvalue weighted by atomic mass is 10.1. The maximum absolute atomic E-state index is 13.5. The molecule has 0 spiro atoms. The summed E-state index contributed by atoms with van der Waals surface area (Å²) in [5.41, 5.74) is 3.37. The quantitative estimate of drug-likeness (QED) is 0.252. The monoisotopic (exact) mass is 596 g/mol. The Bertz CT molecular complexity index is 1480. The van der Waals surface area contributed by atoms with Gasteiger partial charge in [-0.15, -0.1) is 0 Å². The second kappa shape index (κ2) is 12.0. The summed E-state index contributed by atoms with van der Waals surface area (Å²) in [7, 11) is -3.93. The highest BCUT2D eigenvalue weighted by Gasteiger charge is 2.27. The third kappa shape index (κ3) is 7.15. The lowest BCUT2D eigenvalue weighted by Crippen LogP contribution is -2.37. The van der Waals surface area contributed by atoms with Gasteiger partial charge >= 0.3 is 0 Å². The van der Waals surface area contributed by atoms with Crippen molar-refractivity contribution in [3.05, 3.63) is 106 Å². The van der Waals surface area contributed by atoms with Crippen LogP contribution < -0.4 is 5.32 Å². The van der Waals surface area contributed by atoms with Crippen molar-refractivity contribution in [2.45, 2.75) is 44.6 Å². The molecule has 1 N–H and O–H groups in total. The number of aryl methyl sites for hydroxylation is 1. The van der Waals surface area contributed by atoms with Crippen LogP contribution in [-0.4, -0.2) is 35.3 Å². The average Bonchev–Trinajstić information content (AvgIpc) is 3.35. The predicted octanol–water partition coefficient (Wildman–Crippen LogP) is 5.68. The van der Waals surface area contributed by atoms with Crippen LogP contribution in [0.4, 0.5) is 5.69 Å². The van der Waals surface area contributed by atoms with E-state index in [-0.39, 0.29) is 23.9 Å². The maximum Gasteiger partial charge on any atom is 0.243 e. The van der Waals surface area contributed by atoms with Crippen LogP contribution in [0.25, 0.3) is 0 Å². The highest BCUT2D eigenvalue weighted by Crippen LogP contribution is 2.22. The molecule has 0 aliphatic carbocycles. The van der Waals surface area contributed by atoms with E-state index in [1.165, 1.54) is 16.4 Å². The van der Waals surface area contributed by atoms with Crippen LogP contribution in [0.3, 0.4) is 0 Å². The molecule has 0 aliphatic heterocycles. The lowest BCUT2D eigenvalue weighted by Gasteiger charge is -2.22. The summed E-state index contributed by atoms with van der Waals surface area (Å²) in [6.45, 7) is 5.66. The fraction of sp³-hybridized carbons (Fsp3) is 0.250. The SMILES string of the molecule is Cc1ccc(CN(CC(=O)Nc2ccc(Cc3noc(C(C)C)n3)cc2)S(=O)(=O)c2ccc(Br)cc2)cc1. The Labute approximate surface area is 231 Å². The van der Waals surface area contributed by atoms with Crippen LogP contribution in [0.1, 0.15) is 48.2 Å². The van der Waals surface area contributed by atoms with Crippen molar-refractivity contribution in [3.63, 3.8) is 0 Å². The molecule has 198 valence electrons. The topological polar surface area (TPSA) is 105 Å². The smallest absolute Gasteiger partial charge is 0.243 e. The fourth-order valence-electron chi connectivity index (χ4n) is 3.70. The first kappa shape index (κ1) is 27.7. The van der Waals surface area contributed by atoms with Gasteiger partial charge in [0.15, 0.2) is 5.82 Å². The number of rotatable bonds is 10. The van der Waals surface area contributed by atoms with E-state index < -0.39 is 15.9 Å². The van der Waals surface area contributed by atoms with Crippen LogP contribution in [-0.2, 0) is 27.8 Å². The normalized spacial score (nSPS) is 11.7. The van der Waals surface area contributed by atoms with Crippen molar-refractivity contribution >= 4 is 37.5 Å². The Balaban J connectivity index is 1.47. The van der Waals surface area contributed by atoms with E-state index in [0.717, 1.165) is 21.2 Å². The van der Waals surface area contributed by atoms with Crippen molar-refractivity contribution in [2.75, 3.05) is 11.9 Å². The van der Waals surface area contributed by atoms with Crippen molar-refractivity contribution in [3.8, 4) is 0 Å². The molecule has 0 bridgehead atoms. The Kier molecular flexibility index (Phi) is 8.76. The number of carbonyl (C=O) groups is 1. The summed E-state index contributed by atoms with van der Waals surface area (Å²) in [4.78, 5) is 17.5. The van der Waals surface area contributed by atoms with Gasteiger partial charge in [-0.05, 0) is 54.4 Å². The number of benzene rings is 3. The predicted molar refractivity (Wildman–Crippen MR) is 149 cm³/mol. The largest absolute Gasteiger partial charge is 0.339 e. The third-order valence-electron chi connectivity index (χ3n) is 5.83. The molecule has 0 aliphatic rings. The van der Waals surface area contributed by atoms with Gasteiger partial charge in [-0.2, -0.15) is 9.29 Å². The molecule has 1 aromatic heterocycles. The Morgan fingerprint density at radius 1 is 0.974 bits per heavy atom. The second-order valence-electron chi connectivity index (χ2n) is 9.34. The molecule has 3 aromatic carbocycles. The molecule has 0 unspecified atom stereocenters. The number of aromatic nitrogens is 2. The van der Waals surface area contributed by atoms with Gasteiger partial charge in [0.2, 0.25) is 21.8 Å². The van der Waals surface area contributed by atoms with Gasteiger partial charge in [0.05, 0.1) is 11.4 Å². The molecule has 0 atom stereocenters. The van der Waals surface area contributed by atoms with E-state index in [1.807, 2.05) is 57.2 Å². The van der Waals surface area contributed by atoms with E-state index in [2.05, 4.69) is 31.4 Å². The zero-order valence-corrected chi connectivity index (χ0v) is 23.8. The molecular weight excluding hydrogens is 568 g/mol. The first-order chi connectivity index (χ1) is 18.1. The van der Waals surface area contributed by atoms with Gasteiger partial charge in [-0.1, -0.05) is 76.9 Å². The number of sulfonamides is 1. The summed E-state index contributed by atoms with van der Waals surface area (Å²) < 4.78 is 34.2. The summed E-state index contributed by atoms with van der Waals surface area (Å²) in [5, 5.41) is 6.81. The first-order valence-corrected chi connectivity index (χ1v) is 14.4. The van der Waals surface area contributed by atoms with Crippen molar-refractivity contribution in [2.24, 2.45) is 0 Å². The number of amides is 1. The molecule has 10 heteroatoms. The molecule has 1 heterocycles. The lowest BCUT2D eigenvalue weighted by molar-refractivity contribution is -0.116. The molecule has 0 radical (unpaired) electrons. The molecule has 38 heavy (non-hydrogen) atoms. The first-order valence-electron chi connectivity index (χ1n) is 12.1. The number of hydrogen-bond donors (Lipinski definition) is 1. The molecule has 4 aromatic rings. The van der Waals surface area contributed by atoms with Crippen LogP contribution in [0.2, 0.25) is 0 Å². The zero-order chi connectivity index (χ0) is 27.3. The van der Waals surface area contributed by atoms with Crippen molar-refractivity contribution < 1.29 is 17.7 Å². The summed E-state index contributed by atoms with van der Waals surface area (Å²) in [6.07, 6.45) is 0.500. The van der Waals surface area contributed by atoms with Crippen LogP contribution >= 0.6 is 15.9 Å².